The van der Waals surface area contributed by atoms with Gasteiger partial charge in [-0.25, -0.2) is 32.1 Å². The molecule has 0 spiro atoms. The highest BCUT2D eigenvalue weighted by Crippen LogP contribution is 2.43. The van der Waals surface area contributed by atoms with Crippen LogP contribution in [0.3, 0.4) is 0 Å². The number of aromatic nitrogens is 3. The van der Waals surface area contributed by atoms with Gasteiger partial charge in [0, 0.05) is 32.2 Å². The van der Waals surface area contributed by atoms with Crippen molar-refractivity contribution in [3.05, 3.63) is 17.7 Å². The summed E-state index contributed by atoms with van der Waals surface area (Å²) in [6, 6.07) is -0.216. The standard InChI is InChI=1S/C18H22F4N6O3S2/c1-33(30,31)28-6-2-10(3-7-28)24-16-23-8-12(19)13(25-16)14-15(18(20,21)22)26-17(32-14)27-5-4-11(29)9-27/h8,10-11,29H,2-7,9H2,1H3,(H,23,24,25). The lowest BCUT2D eigenvalue weighted by Gasteiger charge is -2.30. The smallest absolute Gasteiger partial charge is 0.391 e. The molecule has 2 aromatic rings. The summed E-state index contributed by atoms with van der Waals surface area (Å²) in [4.78, 5) is 12.6. The molecular weight excluding hydrogens is 488 g/mol. The highest BCUT2D eigenvalue weighted by Gasteiger charge is 2.40. The number of nitrogens with zero attached hydrogens (tertiary/aromatic N) is 5. The molecule has 4 heterocycles. The Morgan fingerprint density at radius 1 is 1.18 bits per heavy atom. The highest BCUT2D eigenvalue weighted by molar-refractivity contribution is 7.88. The molecule has 33 heavy (non-hydrogen) atoms. The SMILES string of the molecule is CS(=O)(=O)N1CCC(Nc2ncc(F)c(-c3sc(N4CCC(O)C4)nc3C(F)(F)F)n2)CC1. The molecule has 2 fully saturated rings. The van der Waals surface area contributed by atoms with Crippen molar-refractivity contribution in [3.8, 4) is 10.6 Å². The second-order valence-corrected chi connectivity index (χ2v) is 11.0. The first kappa shape index (κ1) is 24.0. The number of sulfonamides is 1. The summed E-state index contributed by atoms with van der Waals surface area (Å²) in [6.07, 6.45) is -2.27. The molecule has 9 nitrogen and oxygen atoms in total. The van der Waals surface area contributed by atoms with Crippen molar-refractivity contribution in [2.24, 2.45) is 0 Å². The van der Waals surface area contributed by atoms with E-state index in [1.807, 2.05) is 0 Å². The van der Waals surface area contributed by atoms with Gasteiger partial charge in [-0.05, 0) is 19.3 Å². The first-order valence-corrected chi connectivity index (χ1v) is 12.8. The van der Waals surface area contributed by atoms with Gasteiger partial charge in [-0.2, -0.15) is 13.2 Å². The average molecular weight is 511 g/mol. The molecular formula is C18H22F4N6O3S2. The summed E-state index contributed by atoms with van der Waals surface area (Å²) in [5, 5.41) is 12.7. The van der Waals surface area contributed by atoms with Crippen molar-refractivity contribution in [2.45, 2.75) is 37.6 Å². The van der Waals surface area contributed by atoms with Gasteiger partial charge in [-0.3, -0.25) is 0 Å². The minimum Gasteiger partial charge on any atom is -0.391 e. The number of nitrogens with one attached hydrogen (secondary N) is 1. The molecule has 15 heteroatoms. The number of anilines is 2. The molecule has 2 aliphatic rings. The van der Waals surface area contributed by atoms with E-state index in [4.69, 9.17) is 0 Å². The van der Waals surface area contributed by atoms with E-state index in [2.05, 4.69) is 20.3 Å². The number of rotatable bonds is 5. The van der Waals surface area contributed by atoms with E-state index in [1.54, 1.807) is 0 Å². The van der Waals surface area contributed by atoms with E-state index in [9.17, 15) is 31.1 Å². The van der Waals surface area contributed by atoms with E-state index < -0.39 is 44.4 Å². The summed E-state index contributed by atoms with van der Waals surface area (Å²) < 4.78 is 80.3. The third-order valence-corrected chi connectivity index (χ3v) is 7.96. The van der Waals surface area contributed by atoms with Gasteiger partial charge in [0.05, 0.1) is 23.4 Å². The van der Waals surface area contributed by atoms with Gasteiger partial charge in [-0.1, -0.05) is 11.3 Å². The Balaban J connectivity index is 1.59. The van der Waals surface area contributed by atoms with Crippen molar-refractivity contribution >= 4 is 32.4 Å². The number of halogens is 4. The van der Waals surface area contributed by atoms with Gasteiger partial charge >= 0.3 is 6.18 Å². The Morgan fingerprint density at radius 2 is 1.88 bits per heavy atom. The molecule has 0 aliphatic carbocycles. The molecule has 2 aromatic heterocycles. The lowest BCUT2D eigenvalue weighted by molar-refractivity contribution is -0.140. The fourth-order valence-electron chi connectivity index (χ4n) is 3.82. The molecule has 2 saturated heterocycles. The largest absolute Gasteiger partial charge is 0.434 e. The molecule has 4 rings (SSSR count). The van der Waals surface area contributed by atoms with Crippen LogP contribution in [0, 0.1) is 5.82 Å². The molecule has 0 radical (unpaired) electrons. The number of piperidine rings is 1. The second kappa shape index (κ2) is 8.92. The first-order chi connectivity index (χ1) is 15.4. The molecule has 0 bridgehead atoms. The Morgan fingerprint density at radius 3 is 2.45 bits per heavy atom. The summed E-state index contributed by atoms with van der Waals surface area (Å²) in [5.41, 5.74) is -1.76. The molecule has 1 atom stereocenters. The molecule has 2 aliphatic heterocycles. The molecule has 1 unspecified atom stereocenters. The zero-order chi connectivity index (χ0) is 24.0. The monoisotopic (exact) mass is 510 g/mol. The second-order valence-electron chi connectivity index (χ2n) is 8.03. The molecule has 0 saturated carbocycles. The predicted molar refractivity (Wildman–Crippen MR) is 114 cm³/mol. The Kier molecular flexibility index (Phi) is 6.50. The number of aliphatic hydroxyl groups is 1. The van der Waals surface area contributed by atoms with Gasteiger partial charge in [0.25, 0.3) is 0 Å². The van der Waals surface area contributed by atoms with E-state index in [1.165, 1.54) is 9.21 Å². The number of thiazole rings is 1. The lowest BCUT2D eigenvalue weighted by atomic mass is 10.1. The zero-order valence-electron chi connectivity index (χ0n) is 17.5. The summed E-state index contributed by atoms with van der Waals surface area (Å²) >= 11 is 0.663. The maximum absolute atomic E-state index is 14.6. The van der Waals surface area contributed by atoms with Crippen molar-refractivity contribution in [2.75, 3.05) is 42.7 Å². The number of aliphatic hydroxyl groups excluding tert-OH is 1. The van der Waals surface area contributed by atoms with E-state index in [-0.39, 0.29) is 36.8 Å². The average Bonchev–Trinajstić information content (AvgIpc) is 3.35. The van der Waals surface area contributed by atoms with E-state index >= 15 is 0 Å². The van der Waals surface area contributed by atoms with Gasteiger partial charge in [-0.15, -0.1) is 0 Å². The van der Waals surface area contributed by atoms with E-state index in [0.29, 0.717) is 37.1 Å². The number of hydrogen-bond donors (Lipinski definition) is 2. The number of β-amino-alcohol motifs (C(OH)–C–C–N with tert-alkyl or cyclic N) is 1. The molecule has 2 N–H and O–H groups in total. The minimum absolute atomic E-state index is 0.0366. The van der Waals surface area contributed by atoms with Crippen LogP contribution in [0.15, 0.2) is 6.20 Å². The highest BCUT2D eigenvalue weighted by atomic mass is 32.2. The van der Waals surface area contributed by atoms with E-state index in [0.717, 1.165) is 12.5 Å². The fourth-order valence-corrected chi connectivity index (χ4v) is 5.81. The van der Waals surface area contributed by atoms with Crippen molar-refractivity contribution < 1.29 is 31.1 Å². The van der Waals surface area contributed by atoms with Gasteiger partial charge in [0.15, 0.2) is 16.6 Å². The van der Waals surface area contributed by atoms with Crippen molar-refractivity contribution in [1.82, 2.24) is 19.3 Å². The van der Waals surface area contributed by atoms with Crippen LogP contribution in [0.2, 0.25) is 0 Å². The van der Waals surface area contributed by atoms with Crippen LogP contribution in [0.1, 0.15) is 25.0 Å². The third-order valence-electron chi connectivity index (χ3n) is 5.53. The Labute approximate surface area is 191 Å². The van der Waals surface area contributed by atoms with Crippen LogP contribution < -0.4 is 10.2 Å². The molecule has 0 aromatic carbocycles. The maximum Gasteiger partial charge on any atom is 0.434 e. The third kappa shape index (κ3) is 5.36. The quantitative estimate of drug-likeness (QED) is 0.589. The summed E-state index contributed by atoms with van der Waals surface area (Å²) in [7, 11) is -3.30. The molecule has 182 valence electrons. The van der Waals surface area contributed by atoms with Crippen LogP contribution in [-0.4, -0.2) is 77.4 Å². The Bertz CT molecular complexity index is 1120. The molecule has 0 amide bonds. The maximum atomic E-state index is 14.6. The van der Waals surface area contributed by atoms with Crippen LogP contribution in [-0.2, 0) is 16.2 Å². The van der Waals surface area contributed by atoms with Crippen LogP contribution in [0.4, 0.5) is 28.6 Å². The van der Waals surface area contributed by atoms with Crippen molar-refractivity contribution in [1.29, 1.82) is 0 Å². The lowest BCUT2D eigenvalue weighted by Crippen LogP contribution is -2.42. The summed E-state index contributed by atoms with van der Waals surface area (Å²) in [6.45, 7) is 1.05. The van der Waals surface area contributed by atoms with Crippen LogP contribution >= 0.6 is 11.3 Å². The summed E-state index contributed by atoms with van der Waals surface area (Å²) in [5.74, 6) is -1.07. The van der Waals surface area contributed by atoms with Gasteiger partial charge in [0.1, 0.15) is 5.69 Å². The topological polar surface area (TPSA) is 112 Å². The zero-order valence-corrected chi connectivity index (χ0v) is 19.1. The predicted octanol–water partition coefficient (Wildman–Crippen LogP) is 2.16. The first-order valence-electron chi connectivity index (χ1n) is 10.2. The van der Waals surface area contributed by atoms with Crippen LogP contribution in [0.5, 0.6) is 0 Å². The van der Waals surface area contributed by atoms with Gasteiger partial charge < -0.3 is 15.3 Å². The minimum atomic E-state index is -4.83. The van der Waals surface area contributed by atoms with Crippen LogP contribution in [0.25, 0.3) is 10.6 Å². The van der Waals surface area contributed by atoms with Crippen molar-refractivity contribution in [3.63, 3.8) is 0 Å². The van der Waals surface area contributed by atoms with Gasteiger partial charge in [0.2, 0.25) is 16.0 Å². The Hall–Kier alpha value is -2.10. The number of alkyl halides is 3. The number of hydrogen-bond acceptors (Lipinski definition) is 9. The normalized spacial score (nSPS) is 21.0. The fraction of sp³-hybridized carbons (Fsp3) is 0.611.